The van der Waals surface area contributed by atoms with Gasteiger partial charge < -0.3 is 110 Å². The average Bonchev–Trinajstić information content (AvgIpc) is 3.10. The Labute approximate surface area is 279 Å². The maximum Gasteiger partial charge on any atom is 0.187 e. The summed E-state index contributed by atoms with van der Waals surface area (Å²) in [7, 11) is 0. The van der Waals surface area contributed by atoms with Crippen molar-refractivity contribution in [3.63, 3.8) is 0 Å². The smallest absolute Gasteiger partial charge is 0.187 e. The lowest BCUT2D eigenvalue weighted by Crippen LogP contribution is -2.67. The van der Waals surface area contributed by atoms with Gasteiger partial charge in [0.1, 0.15) is 97.7 Å². The summed E-state index contributed by atoms with van der Waals surface area (Å²) in [5.74, 6) is 0. The van der Waals surface area contributed by atoms with Crippen LogP contribution in [0.25, 0.3) is 0 Å². The largest absolute Gasteiger partial charge is 0.394 e. The van der Waals surface area contributed by atoms with Crippen molar-refractivity contribution in [1.29, 1.82) is 0 Å². The molecule has 0 aromatic rings. The Balaban J connectivity index is 1.41. The van der Waals surface area contributed by atoms with Gasteiger partial charge in [0.15, 0.2) is 25.2 Å². The normalized spacial score (nSPS) is 49.6. The fourth-order valence-electron chi connectivity index (χ4n) is 5.95. The molecule has 22 heteroatoms. The molecule has 0 spiro atoms. The van der Waals surface area contributed by atoms with Crippen molar-refractivity contribution in [2.75, 3.05) is 39.6 Å². The van der Waals surface area contributed by atoms with E-state index in [1.54, 1.807) is 0 Å². The minimum atomic E-state index is -2.02. The van der Waals surface area contributed by atoms with E-state index < -0.39 is 149 Å². The van der Waals surface area contributed by atoms with Crippen LogP contribution in [-0.4, -0.2) is 229 Å². The van der Waals surface area contributed by atoms with Crippen LogP contribution in [0.1, 0.15) is 6.42 Å². The molecule has 0 aromatic heterocycles. The molecule has 4 saturated heterocycles. The molecule has 22 nitrogen and oxygen atoms in total. The van der Waals surface area contributed by atoms with Crippen molar-refractivity contribution < 1.29 is 104 Å². The number of rotatable bonds is 14. The molecule has 4 aliphatic heterocycles. The van der Waals surface area contributed by atoms with Crippen molar-refractivity contribution in [2.24, 2.45) is 5.73 Å². The van der Waals surface area contributed by atoms with Crippen LogP contribution in [0.15, 0.2) is 0 Å². The Bertz CT molecular complexity index is 981. The Morgan fingerprint density at radius 3 is 1.10 bits per heavy atom. The van der Waals surface area contributed by atoms with E-state index in [2.05, 4.69) is 0 Å². The van der Waals surface area contributed by atoms with Crippen molar-refractivity contribution in [3.8, 4) is 0 Å². The minimum absolute atomic E-state index is 0.0756. The van der Waals surface area contributed by atoms with Gasteiger partial charge in [0.25, 0.3) is 0 Å². The lowest BCUT2D eigenvalue weighted by atomic mass is 9.95. The first kappa shape index (κ1) is 40.9. The van der Waals surface area contributed by atoms with Crippen LogP contribution in [0.4, 0.5) is 0 Å². The highest BCUT2D eigenvalue weighted by molar-refractivity contribution is 4.97. The molecule has 4 rings (SSSR count). The van der Waals surface area contributed by atoms with Gasteiger partial charge >= 0.3 is 0 Å². The highest BCUT2D eigenvalue weighted by atomic mass is 16.8. The molecule has 4 aliphatic rings. The molecule has 0 aliphatic carbocycles. The zero-order chi connectivity index (χ0) is 36.2. The molecule has 15 N–H and O–H groups in total. The van der Waals surface area contributed by atoms with Crippen molar-refractivity contribution in [3.05, 3.63) is 0 Å². The minimum Gasteiger partial charge on any atom is -0.394 e. The summed E-state index contributed by atoms with van der Waals surface area (Å²) in [4.78, 5) is 0. The second-order valence-corrected chi connectivity index (χ2v) is 12.1. The first-order valence-electron chi connectivity index (χ1n) is 15.8. The summed E-state index contributed by atoms with van der Waals surface area (Å²) in [6.45, 7) is -2.94. The van der Waals surface area contributed by atoms with Gasteiger partial charge in [-0.3, -0.25) is 0 Å². The molecule has 288 valence electrons. The van der Waals surface area contributed by atoms with Crippen molar-refractivity contribution in [2.45, 2.75) is 129 Å². The molecule has 0 saturated carbocycles. The predicted octanol–water partition coefficient (Wildman–Crippen LogP) is -9.38. The lowest BCUT2D eigenvalue weighted by Gasteiger charge is -2.49. The molecule has 20 atom stereocenters. The number of ether oxygens (including phenoxy) is 8. The summed E-state index contributed by atoms with van der Waals surface area (Å²) < 4.78 is 44.0. The quantitative estimate of drug-likeness (QED) is 0.0740. The summed E-state index contributed by atoms with van der Waals surface area (Å²) in [6, 6.07) is 0. The van der Waals surface area contributed by atoms with Crippen LogP contribution in [0, 0.1) is 0 Å². The van der Waals surface area contributed by atoms with Crippen LogP contribution >= 0.6 is 0 Å². The van der Waals surface area contributed by atoms with Crippen LogP contribution in [-0.2, 0) is 37.9 Å². The highest BCUT2D eigenvalue weighted by Crippen LogP contribution is 2.34. The van der Waals surface area contributed by atoms with Gasteiger partial charge in [0, 0.05) is 0 Å². The second-order valence-electron chi connectivity index (χ2n) is 12.1. The van der Waals surface area contributed by atoms with E-state index in [0.717, 1.165) is 0 Å². The van der Waals surface area contributed by atoms with Crippen LogP contribution in [0.5, 0.6) is 0 Å². The Morgan fingerprint density at radius 1 is 0.408 bits per heavy atom. The zero-order valence-electron chi connectivity index (χ0n) is 26.2. The van der Waals surface area contributed by atoms with Gasteiger partial charge in [-0.05, 0) is 13.0 Å². The maximum atomic E-state index is 11.0. The molecule has 0 amide bonds. The summed E-state index contributed by atoms with van der Waals surface area (Å²) in [6.07, 6.45) is -33.8. The van der Waals surface area contributed by atoms with Crippen molar-refractivity contribution >= 4 is 0 Å². The van der Waals surface area contributed by atoms with E-state index in [9.17, 15) is 66.4 Å². The SMILES string of the molecule is NCCCO[C@@H]1OC(CO)[C@@H](O[C@@H]2OC(CO)[C@@H](O[C@H]3OC(CO)[C@H](O[C@H]4OC(CO)[C@@H](O)[C@H](O)C4O)[C@H](O)C3O)C(O)[C@@H]2O)C(O)[C@@H]1O. The fraction of sp³-hybridized carbons (Fsp3) is 1.00. The lowest BCUT2D eigenvalue weighted by molar-refractivity contribution is -0.388. The van der Waals surface area contributed by atoms with Gasteiger partial charge in [-0.25, -0.2) is 0 Å². The highest BCUT2D eigenvalue weighted by Gasteiger charge is 2.55. The summed E-state index contributed by atoms with van der Waals surface area (Å²) in [5, 5.41) is 134. The Kier molecular flexibility index (Phi) is 15.2. The molecular weight excluding hydrogens is 674 g/mol. The van der Waals surface area contributed by atoms with Crippen LogP contribution in [0.3, 0.4) is 0 Å². The molecular formula is C27H49NO21. The third kappa shape index (κ3) is 8.85. The summed E-state index contributed by atoms with van der Waals surface area (Å²) >= 11 is 0. The van der Waals surface area contributed by atoms with Gasteiger partial charge in [0.05, 0.1) is 33.0 Å². The molecule has 8 unspecified atom stereocenters. The van der Waals surface area contributed by atoms with E-state index in [1.807, 2.05) is 0 Å². The first-order valence-corrected chi connectivity index (χ1v) is 15.8. The fourth-order valence-corrected chi connectivity index (χ4v) is 5.95. The number of nitrogens with two attached hydrogens (primary N) is 1. The molecule has 0 bridgehead atoms. The number of aliphatic hydroxyl groups excluding tert-OH is 13. The van der Waals surface area contributed by atoms with Gasteiger partial charge in [-0.15, -0.1) is 0 Å². The molecule has 4 fully saturated rings. The Morgan fingerprint density at radius 2 is 0.735 bits per heavy atom. The number of aliphatic hydroxyl groups is 13. The monoisotopic (exact) mass is 723 g/mol. The third-order valence-corrected chi connectivity index (χ3v) is 8.81. The molecule has 4 heterocycles. The number of hydrogen-bond acceptors (Lipinski definition) is 22. The topological polar surface area (TPSA) is 363 Å². The number of hydrogen-bond donors (Lipinski definition) is 14. The molecule has 0 aromatic carbocycles. The second kappa shape index (κ2) is 18.2. The predicted molar refractivity (Wildman–Crippen MR) is 151 cm³/mol. The van der Waals surface area contributed by atoms with Crippen LogP contribution in [0.2, 0.25) is 0 Å². The van der Waals surface area contributed by atoms with Gasteiger partial charge in [-0.2, -0.15) is 0 Å². The van der Waals surface area contributed by atoms with Crippen LogP contribution < -0.4 is 5.73 Å². The molecule has 49 heavy (non-hydrogen) atoms. The van der Waals surface area contributed by atoms with Gasteiger partial charge in [-0.1, -0.05) is 0 Å². The Hall–Kier alpha value is -0.880. The zero-order valence-corrected chi connectivity index (χ0v) is 26.2. The van der Waals surface area contributed by atoms with E-state index in [-0.39, 0.29) is 13.2 Å². The standard InChI is InChI=1S/C27H49NO21/c28-2-1-3-42-24-18(39)14(35)21(9(5-30)44-24)48-26-20(41)16(37)23(11(7-32)46-26)49-27-19(40)15(36)22(10(6-31)45-27)47-25-17(38)13(34)12(33)8(4-29)43-25/h8-27,29-41H,1-7,28H2/t8?,9?,10?,11?,12-,13+,14?,15-,16?,17?,18+,19?,20+,21-,22+,23-,24-,25-,26+,27-/m1/s1. The first-order chi connectivity index (χ1) is 23.3. The molecule has 0 radical (unpaired) electrons. The summed E-state index contributed by atoms with van der Waals surface area (Å²) in [5.41, 5.74) is 5.42. The van der Waals surface area contributed by atoms with E-state index in [0.29, 0.717) is 6.42 Å². The van der Waals surface area contributed by atoms with E-state index in [4.69, 9.17) is 43.6 Å². The van der Waals surface area contributed by atoms with E-state index >= 15 is 0 Å². The van der Waals surface area contributed by atoms with Gasteiger partial charge in [0.2, 0.25) is 0 Å². The van der Waals surface area contributed by atoms with Crippen molar-refractivity contribution in [1.82, 2.24) is 0 Å². The average molecular weight is 724 g/mol. The maximum absolute atomic E-state index is 11.0. The van der Waals surface area contributed by atoms with E-state index in [1.165, 1.54) is 0 Å². The third-order valence-electron chi connectivity index (χ3n) is 8.81.